The number of hydrogen-bond donors (Lipinski definition) is 0. The van der Waals surface area contributed by atoms with Gasteiger partial charge in [-0.05, 0) is 19.3 Å². The van der Waals surface area contributed by atoms with Crippen molar-refractivity contribution in [3.05, 3.63) is 0 Å². The van der Waals surface area contributed by atoms with Gasteiger partial charge in [-0.1, -0.05) is 82.8 Å². The quantitative estimate of drug-likeness (QED) is 0.305. The van der Waals surface area contributed by atoms with E-state index in [-0.39, 0.29) is 0 Å². The van der Waals surface area contributed by atoms with Crippen LogP contribution in [0.4, 0.5) is 0 Å². The first-order chi connectivity index (χ1) is 8.81. The van der Waals surface area contributed by atoms with Gasteiger partial charge in [-0.15, -0.1) is 0 Å². The molecule has 0 bridgehead atoms. The first-order valence-electron chi connectivity index (χ1n) is 8.16. The van der Waals surface area contributed by atoms with E-state index in [9.17, 15) is 4.55 Å². The van der Waals surface area contributed by atoms with E-state index in [4.69, 9.17) is 0 Å². The van der Waals surface area contributed by atoms with Gasteiger partial charge in [0.25, 0.3) is 0 Å². The van der Waals surface area contributed by atoms with Gasteiger partial charge in [-0.3, -0.25) is 0 Å². The van der Waals surface area contributed by atoms with Gasteiger partial charge >= 0.3 is 0 Å². The Labute approximate surface area is 118 Å². The monoisotopic (exact) mass is 274 g/mol. The van der Waals surface area contributed by atoms with Crippen LogP contribution in [0.25, 0.3) is 0 Å². The normalized spacial score (nSPS) is 12.8. The van der Waals surface area contributed by atoms with Gasteiger partial charge in [0.2, 0.25) is 0 Å². The van der Waals surface area contributed by atoms with Gasteiger partial charge in [0.05, 0.1) is 0 Å². The molecule has 1 atom stereocenters. The van der Waals surface area contributed by atoms with Crippen molar-refractivity contribution in [2.45, 2.75) is 90.9 Å². The Bertz CT molecular complexity index is 150. The van der Waals surface area contributed by atoms with E-state index in [0.717, 1.165) is 17.9 Å². The molecule has 110 valence electrons. The molecule has 0 rings (SSSR count). The molecule has 0 heterocycles. The summed E-state index contributed by atoms with van der Waals surface area (Å²) < 4.78 is 11.5. The summed E-state index contributed by atoms with van der Waals surface area (Å²) >= 11 is -0.533. The van der Waals surface area contributed by atoms with Crippen LogP contribution in [0, 0.1) is 0 Å². The van der Waals surface area contributed by atoms with Crippen LogP contribution >= 0.6 is 0 Å². The minimum Gasteiger partial charge on any atom is -0.616 e. The third-order valence-electron chi connectivity index (χ3n) is 3.45. The third-order valence-corrected chi connectivity index (χ3v) is 4.94. The first kappa shape index (κ1) is 18.3. The summed E-state index contributed by atoms with van der Waals surface area (Å²) in [4.78, 5) is 0. The molecule has 0 N–H and O–H groups in total. The zero-order chi connectivity index (χ0) is 13.5. The van der Waals surface area contributed by atoms with Crippen molar-refractivity contribution in [1.82, 2.24) is 0 Å². The summed E-state index contributed by atoms with van der Waals surface area (Å²) in [6, 6.07) is 0. The largest absolute Gasteiger partial charge is 0.616 e. The van der Waals surface area contributed by atoms with Gasteiger partial charge in [-0.2, -0.15) is 0 Å². The van der Waals surface area contributed by atoms with Gasteiger partial charge < -0.3 is 4.55 Å². The summed E-state index contributed by atoms with van der Waals surface area (Å²) in [6.07, 6.45) is 15.9. The van der Waals surface area contributed by atoms with Crippen molar-refractivity contribution in [2.24, 2.45) is 0 Å². The van der Waals surface area contributed by atoms with Crippen LogP contribution < -0.4 is 0 Å². The number of hydrogen-bond acceptors (Lipinski definition) is 1. The molecule has 1 unspecified atom stereocenters. The van der Waals surface area contributed by atoms with E-state index >= 15 is 0 Å². The first-order valence-corrected chi connectivity index (χ1v) is 9.65. The molecule has 0 aliphatic rings. The summed E-state index contributed by atoms with van der Waals surface area (Å²) in [5.74, 6) is 1.87. The maximum atomic E-state index is 11.5. The molecule has 0 saturated carbocycles. The second-order valence-corrected chi connectivity index (χ2v) is 7.08. The summed E-state index contributed by atoms with van der Waals surface area (Å²) in [6.45, 7) is 4.43. The summed E-state index contributed by atoms with van der Waals surface area (Å²) in [5.41, 5.74) is 0. The molecule has 2 heteroatoms. The van der Waals surface area contributed by atoms with E-state index in [0.29, 0.717) is 0 Å². The molecule has 0 aromatic heterocycles. The van der Waals surface area contributed by atoms with Gasteiger partial charge in [0, 0.05) is 0 Å². The van der Waals surface area contributed by atoms with Crippen molar-refractivity contribution >= 4 is 11.2 Å². The highest BCUT2D eigenvalue weighted by atomic mass is 32.2. The average molecular weight is 275 g/mol. The minimum absolute atomic E-state index is 0.533. The van der Waals surface area contributed by atoms with Crippen LogP contribution in [-0.2, 0) is 11.2 Å². The molecular formula is C16H34OS. The SMILES string of the molecule is CCCCCCCCCCCC[S+]([O-])CCCC. The molecular weight excluding hydrogens is 240 g/mol. The van der Waals surface area contributed by atoms with Crippen LogP contribution in [0.5, 0.6) is 0 Å². The Balaban J connectivity index is 3.02. The van der Waals surface area contributed by atoms with Crippen molar-refractivity contribution in [2.75, 3.05) is 11.5 Å². The van der Waals surface area contributed by atoms with E-state index in [1.54, 1.807) is 0 Å². The molecule has 0 radical (unpaired) electrons. The smallest absolute Gasteiger partial charge is 0.105 e. The van der Waals surface area contributed by atoms with E-state index in [1.165, 1.54) is 70.6 Å². The Kier molecular flexibility index (Phi) is 15.6. The molecule has 0 aliphatic heterocycles. The predicted molar refractivity (Wildman–Crippen MR) is 84.6 cm³/mol. The second kappa shape index (κ2) is 15.4. The zero-order valence-electron chi connectivity index (χ0n) is 12.7. The third kappa shape index (κ3) is 14.4. The molecule has 18 heavy (non-hydrogen) atoms. The van der Waals surface area contributed by atoms with Crippen LogP contribution in [0.3, 0.4) is 0 Å². The van der Waals surface area contributed by atoms with Gasteiger partial charge in [0.15, 0.2) is 0 Å². The Morgan fingerprint density at radius 1 is 0.556 bits per heavy atom. The van der Waals surface area contributed by atoms with E-state index < -0.39 is 11.2 Å². The number of unbranched alkanes of at least 4 members (excludes halogenated alkanes) is 10. The van der Waals surface area contributed by atoms with Crippen molar-refractivity contribution in [3.8, 4) is 0 Å². The number of rotatable bonds is 14. The summed E-state index contributed by atoms with van der Waals surface area (Å²) in [7, 11) is 0. The Hall–Kier alpha value is 0.310. The van der Waals surface area contributed by atoms with Crippen molar-refractivity contribution in [3.63, 3.8) is 0 Å². The standard InChI is InChI=1S/C16H34OS/c1-3-5-7-8-9-10-11-12-13-14-16-18(17)15-6-4-2/h3-16H2,1-2H3. The lowest BCUT2D eigenvalue weighted by atomic mass is 10.1. The maximum absolute atomic E-state index is 11.5. The van der Waals surface area contributed by atoms with Crippen molar-refractivity contribution in [1.29, 1.82) is 0 Å². The van der Waals surface area contributed by atoms with Crippen LogP contribution in [-0.4, -0.2) is 16.1 Å². The Morgan fingerprint density at radius 3 is 1.44 bits per heavy atom. The lowest BCUT2D eigenvalue weighted by Crippen LogP contribution is -2.10. The predicted octanol–water partition coefficient (Wildman–Crippen LogP) is 5.46. The lowest BCUT2D eigenvalue weighted by Gasteiger charge is -2.10. The fraction of sp³-hybridized carbons (Fsp3) is 1.00. The zero-order valence-corrected chi connectivity index (χ0v) is 13.5. The molecule has 0 fully saturated rings. The van der Waals surface area contributed by atoms with Crippen LogP contribution in [0.15, 0.2) is 0 Å². The molecule has 0 spiro atoms. The molecule has 0 aliphatic carbocycles. The molecule has 0 aromatic rings. The highest BCUT2D eigenvalue weighted by Crippen LogP contribution is 2.11. The minimum atomic E-state index is -0.533. The second-order valence-electron chi connectivity index (χ2n) is 5.38. The highest BCUT2D eigenvalue weighted by molar-refractivity contribution is 7.91. The molecule has 0 saturated heterocycles. The van der Waals surface area contributed by atoms with Gasteiger partial charge in [0.1, 0.15) is 11.5 Å². The highest BCUT2D eigenvalue weighted by Gasteiger charge is 2.04. The van der Waals surface area contributed by atoms with Crippen LogP contribution in [0.1, 0.15) is 90.9 Å². The van der Waals surface area contributed by atoms with Crippen molar-refractivity contribution < 1.29 is 4.55 Å². The van der Waals surface area contributed by atoms with E-state index in [2.05, 4.69) is 13.8 Å². The lowest BCUT2D eigenvalue weighted by molar-refractivity contribution is 0.557. The van der Waals surface area contributed by atoms with Gasteiger partial charge in [-0.25, -0.2) is 0 Å². The Morgan fingerprint density at radius 2 is 0.944 bits per heavy atom. The van der Waals surface area contributed by atoms with E-state index in [1.807, 2.05) is 0 Å². The molecule has 0 amide bonds. The summed E-state index contributed by atoms with van der Waals surface area (Å²) in [5, 5.41) is 0. The maximum Gasteiger partial charge on any atom is 0.105 e. The molecule has 0 aromatic carbocycles. The topological polar surface area (TPSA) is 23.1 Å². The fourth-order valence-electron chi connectivity index (χ4n) is 2.16. The average Bonchev–Trinajstić information content (AvgIpc) is 2.38. The molecule has 1 nitrogen and oxygen atoms in total. The van der Waals surface area contributed by atoms with Crippen LogP contribution in [0.2, 0.25) is 0 Å². The fourth-order valence-corrected chi connectivity index (χ4v) is 3.50.